The molecule has 0 aliphatic carbocycles. The van der Waals surface area contributed by atoms with Gasteiger partial charge in [0.1, 0.15) is 18.2 Å². The normalized spacial score (nSPS) is 13.1. The van der Waals surface area contributed by atoms with Crippen LogP contribution in [-0.4, -0.2) is 54.5 Å². The van der Waals surface area contributed by atoms with Crippen LogP contribution in [0.4, 0.5) is 0 Å². The van der Waals surface area contributed by atoms with E-state index < -0.39 is 5.97 Å². The predicted molar refractivity (Wildman–Crippen MR) is 122 cm³/mol. The van der Waals surface area contributed by atoms with Crippen LogP contribution in [0.2, 0.25) is 0 Å². The van der Waals surface area contributed by atoms with Crippen molar-refractivity contribution < 1.29 is 14.3 Å². The Morgan fingerprint density at radius 2 is 1.88 bits per heavy atom. The van der Waals surface area contributed by atoms with Crippen molar-refractivity contribution in [1.82, 2.24) is 29.4 Å². The number of hydrogen-bond donors (Lipinski definition) is 0. The summed E-state index contributed by atoms with van der Waals surface area (Å²) < 4.78 is 8.80. The summed E-state index contributed by atoms with van der Waals surface area (Å²) >= 11 is 0. The average molecular weight is 451 g/mol. The molecule has 1 aromatic carbocycles. The number of benzene rings is 1. The minimum Gasteiger partial charge on any atom is -0.461 e. The number of ether oxygens (including phenoxy) is 1. The van der Waals surface area contributed by atoms with Crippen molar-refractivity contribution in [2.24, 2.45) is 0 Å². The van der Waals surface area contributed by atoms with Gasteiger partial charge < -0.3 is 9.64 Å². The first-order valence-electron chi connectivity index (χ1n) is 11.4. The largest absolute Gasteiger partial charge is 0.461 e. The molecule has 9 heteroatoms. The van der Waals surface area contributed by atoms with Crippen molar-refractivity contribution in [3.8, 4) is 0 Å². The third kappa shape index (κ3) is 5.13. The Hall–Kier alpha value is -3.49. The van der Waals surface area contributed by atoms with Gasteiger partial charge in [-0.3, -0.25) is 9.48 Å². The molecular weight excluding hydrogens is 420 g/mol. The Balaban J connectivity index is 1.50. The van der Waals surface area contributed by atoms with Gasteiger partial charge in [0.2, 0.25) is 5.91 Å². The molecule has 1 amide bonds. The zero-order valence-electron chi connectivity index (χ0n) is 19.5. The van der Waals surface area contributed by atoms with Crippen LogP contribution in [0.1, 0.15) is 52.3 Å². The maximum Gasteiger partial charge on any atom is 0.359 e. The smallest absolute Gasteiger partial charge is 0.359 e. The molecule has 0 atom stereocenters. The topological polar surface area (TPSA) is 95.1 Å². The molecule has 4 rings (SSSR count). The number of carbonyl (C=O) groups is 2. The number of aromatic nitrogens is 5. The average Bonchev–Trinajstić information content (AvgIpc) is 3.33. The monoisotopic (exact) mass is 450 g/mol. The SMILES string of the molecule is CCOC(=O)c1nn(CCCc2ccccc2)c2c1CN(C(=O)Cn1nc(C)nc1C)CC2. The number of nitrogens with zero attached hydrogens (tertiary/aromatic N) is 6. The van der Waals surface area contributed by atoms with Gasteiger partial charge in [0.15, 0.2) is 5.69 Å². The molecule has 0 unspecified atom stereocenters. The van der Waals surface area contributed by atoms with E-state index in [2.05, 4.69) is 27.3 Å². The van der Waals surface area contributed by atoms with Gasteiger partial charge in [-0.25, -0.2) is 14.5 Å². The van der Waals surface area contributed by atoms with Crippen LogP contribution in [0.5, 0.6) is 0 Å². The van der Waals surface area contributed by atoms with Crippen LogP contribution in [0.25, 0.3) is 0 Å². The van der Waals surface area contributed by atoms with E-state index >= 15 is 0 Å². The zero-order valence-corrected chi connectivity index (χ0v) is 19.5. The molecule has 1 aliphatic heterocycles. The first-order valence-corrected chi connectivity index (χ1v) is 11.4. The maximum absolute atomic E-state index is 13.0. The van der Waals surface area contributed by atoms with Crippen LogP contribution in [0, 0.1) is 13.8 Å². The Labute approximate surface area is 193 Å². The van der Waals surface area contributed by atoms with Gasteiger partial charge in [-0.2, -0.15) is 10.2 Å². The lowest BCUT2D eigenvalue weighted by Crippen LogP contribution is -2.39. The van der Waals surface area contributed by atoms with Crippen molar-refractivity contribution in [2.45, 2.75) is 59.7 Å². The van der Waals surface area contributed by atoms with Crippen LogP contribution in [0.15, 0.2) is 30.3 Å². The number of amides is 1. The van der Waals surface area contributed by atoms with E-state index in [1.165, 1.54) is 5.56 Å². The summed E-state index contributed by atoms with van der Waals surface area (Å²) in [5.41, 5.74) is 3.40. The molecule has 3 aromatic rings. The second-order valence-corrected chi connectivity index (χ2v) is 8.24. The highest BCUT2D eigenvalue weighted by Gasteiger charge is 2.31. The summed E-state index contributed by atoms with van der Waals surface area (Å²) in [4.78, 5) is 31.6. The van der Waals surface area contributed by atoms with Gasteiger partial charge in [-0.15, -0.1) is 0 Å². The summed E-state index contributed by atoms with van der Waals surface area (Å²) in [6.07, 6.45) is 2.49. The number of carbonyl (C=O) groups excluding carboxylic acids is 2. The lowest BCUT2D eigenvalue weighted by Gasteiger charge is -2.28. The van der Waals surface area contributed by atoms with Gasteiger partial charge in [0.05, 0.1) is 6.61 Å². The number of fused-ring (bicyclic) bond motifs is 1. The van der Waals surface area contributed by atoms with E-state index in [0.29, 0.717) is 43.4 Å². The van der Waals surface area contributed by atoms with Crippen LogP contribution < -0.4 is 0 Å². The highest BCUT2D eigenvalue weighted by molar-refractivity contribution is 5.89. The first-order chi connectivity index (χ1) is 16.0. The lowest BCUT2D eigenvalue weighted by molar-refractivity contribution is -0.133. The van der Waals surface area contributed by atoms with Crippen LogP contribution in [-0.2, 0) is 42.0 Å². The van der Waals surface area contributed by atoms with E-state index in [4.69, 9.17) is 4.74 Å². The van der Waals surface area contributed by atoms with Crippen molar-refractivity contribution in [2.75, 3.05) is 13.2 Å². The molecule has 0 saturated carbocycles. The second-order valence-electron chi connectivity index (χ2n) is 8.24. The first kappa shape index (κ1) is 22.7. The van der Waals surface area contributed by atoms with Crippen molar-refractivity contribution in [3.05, 3.63) is 64.5 Å². The Morgan fingerprint density at radius 1 is 1.09 bits per heavy atom. The van der Waals surface area contributed by atoms with Gasteiger partial charge in [-0.05, 0) is 39.2 Å². The van der Waals surface area contributed by atoms with Gasteiger partial charge >= 0.3 is 5.97 Å². The van der Waals surface area contributed by atoms with E-state index in [0.717, 1.165) is 24.1 Å². The molecule has 2 aromatic heterocycles. The summed E-state index contributed by atoms with van der Waals surface area (Å²) in [6, 6.07) is 10.3. The molecule has 0 N–H and O–H groups in total. The minimum atomic E-state index is -0.437. The summed E-state index contributed by atoms with van der Waals surface area (Å²) in [6.45, 7) is 7.45. The molecule has 9 nitrogen and oxygen atoms in total. The molecule has 33 heavy (non-hydrogen) atoms. The molecule has 0 saturated heterocycles. The van der Waals surface area contributed by atoms with Crippen molar-refractivity contribution in [1.29, 1.82) is 0 Å². The van der Waals surface area contributed by atoms with E-state index in [1.54, 1.807) is 23.4 Å². The maximum atomic E-state index is 13.0. The fourth-order valence-electron chi connectivity index (χ4n) is 4.27. The Bertz CT molecular complexity index is 1130. The quantitative estimate of drug-likeness (QED) is 0.490. The molecule has 3 heterocycles. The fraction of sp³-hybridized carbons (Fsp3) is 0.458. The standard InChI is InChI=1S/C24H30N6O3/c1-4-33-24(32)23-20-15-28(22(31)16-30-18(3)25-17(2)26-30)14-12-21(20)29(27-23)13-8-11-19-9-6-5-7-10-19/h5-7,9-10H,4,8,11-16H2,1-3H3. The van der Waals surface area contributed by atoms with E-state index in [-0.39, 0.29) is 19.1 Å². The fourth-order valence-corrected chi connectivity index (χ4v) is 4.27. The Kier molecular flexibility index (Phi) is 6.86. The van der Waals surface area contributed by atoms with Gasteiger partial charge in [0.25, 0.3) is 0 Å². The predicted octanol–water partition coefficient (Wildman–Crippen LogP) is 2.49. The number of aryl methyl sites for hydroxylation is 4. The number of rotatable bonds is 8. The zero-order chi connectivity index (χ0) is 23.4. The molecule has 174 valence electrons. The molecule has 1 aliphatic rings. The lowest BCUT2D eigenvalue weighted by atomic mass is 10.0. The van der Waals surface area contributed by atoms with Gasteiger partial charge in [0, 0.05) is 37.3 Å². The highest BCUT2D eigenvalue weighted by atomic mass is 16.5. The second kappa shape index (κ2) is 9.97. The van der Waals surface area contributed by atoms with Crippen LogP contribution in [0.3, 0.4) is 0 Å². The molecule has 0 fully saturated rings. The third-order valence-corrected chi connectivity index (χ3v) is 5.88. The summed E-state index contributed by atoms with van der Waals surface area (Å²) in [5.74, 6) is 0.854. The van der Waals surface area contributed by atoms with Crippen molar-refractivity contribution in [3.63, 3.8) is 0 Å². The summed E-state index contributed by atoms with van der Waals surface area (Å²) in [5, 5.41) is 8.90. The Morgan fingerprint density at radius 3 is 2.58 bits per heavy atom. The van der Waals surface area contributed by atoms with E-state index in [9.17, 15) is 9.59 Å². The highest BCUT2D eigenvalue weighted by Crippen LogP contribution is 2.24. The molecule has 0 radical (unpaired) electrons. The minimum absolute atomic E-state index is 0.0553. The summed E-state index contributed by atoms with van der Waals surface area (Å²) in [7, 11) is 0. The molecule has 0 spiro atoms. The molecule has 0 bridgehead atoms. The van der Waals surface area contributed by atoms with E-state index in [1.807, 2.05) is 29.8 Å². The van der Waals surface area contributed by atoms with Gasteiger partial charge in [-0.1, -0.05) is 30.3 Å². The number of esters is 1. The third-order valence-electron chi connectivity index (χ3n) is 5.88. The van der Waals surface area contributed by atoms with Crippen molar-refractivity contribution >= 4 is 11.9 Å². The van der Waals surface area contributed by atoms with Crippen LogP contribution >= 0.6 is 0 Å². The number of hydrogen-bond acceptors (Lipinski definition) is 6. The molecular formula is C24H30N6O3.